The van der Waals surface area contributed by atoms with Gasteiger partial charge in [0.15, 0.2) is 0 Å². The zero-order valence-electron chi connectivity index (χ0n) is 12.7. The minimum Gasteiger partial charge on any atom is -0.496 e. The topological polar surface area (TPSA) is 63.6 Å². The van der Waals surface area contributed by atoms with Gasteiger partial charge in [0.2, 0.25) is 0 Å². The van der Waals surface area contributed by atoms with Crippen LogP contribution in [0.2, 0.25) is 0 Å². The van der Waals surface area contributed by atoms with Gasteiger partial charge in [0, 0.05) is 11.1 Å². The molecule has 5 heteroatoms. The van der Waals surface area contributed by atoms with Gasteiger partial charge in [0.25, 0.3) is 10.1 Å². The summed E-state index contributed by atoms with van der Waals surface area (Å²) in [5.41, 5.74) is 3.14. The number of fused-ring (bicyclic) bond motifs is 1. The Hall–Kier alpha value is -1.59. The molecule has 2 aliphatic carbocycles. The molecule has 0 fully saturated rings. The van der Waals surface area contributed by atoms with Crippen LogP contribution < -0.4 is 4.74 Å². The Morgan fingerprint density at radius 3 is 2.38 bits per heavy atom. The van der Waals surface area contributed by atoms with E-state index in [1.54, 1.807) is 13.2 Å². The molecule has 0 saturated heterocycles. The smallest absolute Gasteiger partial charge is 0.295 e. The molecular formula is C16H20O4S. The molecule has 0 saturated carbocycles. The molecule has 0 aromatic carbocycles. The largest absolute Gasteiger partial charge is 0.496 e. The van der Waals surface area contributed by atoms with Gasteiger partial charge in [-0.3, -0.25) is 4.55 Å². The van der Waals surface area contributed by atoms with E-state index >= 15 is 0 Å². The Kier molecular flexibility index (Phi) is 4.25. The van der Waals surface area contributed by atoms with E-state index in [2.05, 4.69) is 13.8 Å². The van der Waals surface area contributed by atoms with Crippen LogP contribution in [0.3, 0.4) is 0 Å². The molecule has 0 spiro atoms. The van der Waals surface area contributed by atoms with Crippen LogP contribution >= 0.6 is 0 Å². The van der Waals surface area contributed by atoms with Crippen molar-refractivity contribution in [1.29, 1.82) is 0 Å². The van der Waals surface area contributed by atoms with Gasteiger partial charge in [-0.2, -0.15) is 8.42 Å². The van der Waals surface area contributed by atoms with E-state index in [9.17, 15) is 13.0 Å². The number of aryl methyl sites for hydroxylation is 1. The molecule has 0 heterocycles. The lowest BCUT2D eigenvalue weighted by atomic mass is 10.1. The second-order valence-electron chi connectivity index (χ2n) is 5.35. The van der Waals surface area contributed by atoms with Gasteiger partial charge >= 0.3 is 0 Å². The van der Waals surface area contributed by atoms with Crippen LogP contribution in [0.1, 0.15) is 37.8 Å². The summed E-state index contributed by atoms with van der Waals surface area (Å²) >= 11 is 0. The Bertz CT molecular complexity index is 732. The van der Waals surface area contributed by atoms with Crippen molar-refractivity contribution in [2.75, 3.05) is 7.11 Å². The molecule has 0 unspecified atom stereocenters. The van der Waals surface area contributed by atoms with Crippen LogP contribution in [0.4, 0.5) is 0 Å². The summed E-state index contributed by atoms with van der Waals surface area (Å²) in [6.07, 6.45) is 0.656. The molecule has 0 bridgehead atoms. The molecule has 4 nitrogen and oxygen atoms in total. The zero-order valence-corrected chi connectivity index (χ0v) is 13.5. The number of hydrogen-bond donors (Lipinski definition) is 1. The molecular weight excluding hydrogens is 288 g/mol. The standard InChI is InChI=1S/C16H20O4S/c1-5-11-9-15(21(17,18)19)13-7-6-12(10(2)3)8-14(20-4)16(11)13/h6-10H,5H2,1-4H3,(H,17,18,19). The fourth-order valence-corrected chi connectivity index (χ4v) is 3.26. The Labute approximate surface area is 125 Å². The van der Waals surface area contributed by atoms with Crippen LogP contribution in [0.5, 0.6) is 5.75 Å². The second kappa shape index (κ2) is 5.66. The molecule has 21 heavy (non-hydrogen) atoms. The van der Waals surface area contributed by atoms with Crippen molar-refractivity contribution in [3.05, 3.63) is 35.4 Å². The number of methoxy groups -OCH3 is 1. The zero-order chi connectivity index (χ0) is 15.8. The van der Waals surface area contributed by atoms with E-state index in [1.165, 1.54) is 6.07 Å². The summed E-state index contributed by atoms with van der Waals surface area (Å²) in [6, 6.07) is 7.08. The monoisotopic (exact) mass is 308 g/mol. The fraction of sp³-hybridized carbons (Fsp3) is 0.375. The van der Waals surface area contributed by atoms with E-state index in [0.717, 1.165) is 16.7 Å². The van der Waals surface area contributed by atoms with E-state index in [4.69, 9.17) is 4.74 Å². The van der Waals surface area contributed by atoms with Crippen LogP contribution in [0.25, 0.3) is 11.1 Å². The van der Waals surface area contributed by atoms with Crippen LogP contribution in [0.15, 0.2) is 29.2 Å². The average molecular weight is 308 g/mol. The van der Waals surface area contributed by atoms with Crippen molar-refractivity contribution >= 4 is 10.1 Å². The third-order valence-electron chi connectivity index (χ3n) is 3.69. The van der Waals surface area contributed by atoms with E-state index < -0.39 is 10.1 Å². The Balaban J connectivity index is 2.89. The van der Waals surface area contributed by atoms with Gasteiger partial charge in [0.05, 0.1) is 7.11 Å². The number of ether oxygens (including phenoxy) is 1. The third kappa shape index (κ3) is 2.89. The molecule has 2 rings (SSSR count). The summed E-state index contributed by atoms with van der Waals surface area (Å²) in [5, 5.41) is 0. The summed E-state index contributed by atoms with van der Waals surface area (Å²) in [4.78, 5) is -0.0569. The first-order chi connectivity index (χ1) is 9.79. The number of hydrogen-bond acceptors (Lipinski definition) is 3. The van der Waals surface area contributed by atoms with Gasteiger partial charge in [0.1, 0.15) is 10.6 Å². The lowest BCUT2D eigenvalue weighted by molar-refractivity contribution is 0.416. The molecule has 114 valence electrons. The van der Waals surface area contributed by atoms with Crippen molar-refractivity contribution in [3.63, 3.8) is 0 Å². The summed E-state index contributed by atoms with van der Waals surface area (Å²) < 4.78 is 38.1. The van der Waals surface area contributed by atoms with Crippen LogP contribution in [0, 0.1) is 0 Å². The highest BCUT2D eigenvalue weighted by Gasteiger charge is 2.25. The van der Waals surface area contributed by atoms with Gasteiger partial charge in [-0.1, -0.05) is 32.9 Å². The van der Waals surface area contributed by atoms with Crippen molar-refractivity contribution in [3.8, 4) is 16.9 Å². The third-order valence-corrected chi connectivity index (χ3v) is 4.59. The summed E-state index contributed by atoms with van der Waals surface area (Å²) in [7, 11) is -2.69. The Morgan fingerprint density at radius 2 is 1.90 bits per heavy atom. The predicted molar refractivity (Wildman–Crippen MR) is 82.9 cm³/mol. The summed E-state index contributed by atoms with van der Waals surface area (Å²) in [5.74, 6) is 0.917. The molecule has 0 aromatic rings. The maximum absolute atomic E-state index is 11.6. The molecule has 1 N–H and O–H groups in total. The van der Waals surface area contributed by atoms with Crippen LogP contribution in [-0.2, 0) is 16.5 Å². The average Bonchev–Trinajstić information content (AvgIpc) is 2.67. The molecule has 0 aromatic heterocycles. The van der Waals surface area contributed by atoms with Crippen molar-refractivity contribution in [1.82, 2.24) is 0 Å². The number of rotatable bonds is 4. The van der Waals surface area contributed by atoms with Crippen molar-refractivity contribution in [2.45, 2.75) is 38.0 Å². The van der Waals surface area contributed by atoms with Crippen molar-refractivity contribution < 1.29 is 17.7 Å². The predicted octanol–water partition coefficient (Wildman–Crippen LogP) is 3.73. The SMILES string of the molecule is CCc1cc(S(=O)(=O)O)c2ccc(C(C)C)cc(OC)c1-2. The second-order valence-corrected chi connectivity index (χ2v) is 6.74. The highest BCUT2D eigenvalue weighted by atomic mass is 32.2. The summed E-state index contributed by atoms with van der Waals surface area (Å²) in [6.45, 7) is 6.06. The van der Waals surface area contributed by atoms with Gasteiger partial charge in [-0.05, 0) is 35.6 Å². The fourth-order valence-electron chi connectivity index (χ4n) is 2.52. The highest BCUT2D eigenvalue weighted by molar-refractivity contribution is 7.86. The minimum atomic E-state index is -4.26. The quantitative estimate of drug-likeness (QED) is 0.874. The lowest BCUT2D eigenvalue weighted by Crippen LogP contribution is -1.97. The molecule has 2 aliphatic rings. The first kappa shape index (κ1) is 15.8. The minimum absolute atomic E-state index is 0.0569. The Morgan fingerprint density at radius 1 is 1.24 bits per heavy atom. The molecule has 0 amide bonds. The van der Waals surface area contributed by atoms with E-state index in [1.807, 2.05) is 19.1 Å². The molecule has 0 atom stereocenters. The normalized spacial score (nSPS) is 12.1. The first-order valence-corrected chi connectivity index (χ1v) is 8.34. The van der Waals surface area contributed by atoms with Crippen LogP contribution in [-0.4, -0.2) is 20.1 Å². The molecule has 0 radical (unpaired) electrons. The van der Waals surface area contributed by atoms with E-state index in [-0.39, 0.29) is 10.8 Å². The van der Waals surface area contributed by atoms with Gasteiger partial charge < -0.3 is 4.74 Å². The maximum Gasteiger partial charge on any atom is 0.295 e. The first-order valence-electron chi connectivity index (χ1n) is 6.90. The van der Waals surface area contributed by atoms with Gasteiger partial charge in [-0.15, -0.1) is 0 Å². The lowest BCUT2D eigenvalue weighted by Gasteiger charge is -2.07. The van der Waals surface area contributed by atoms with Gasteiger partial charge in [-0.25, -0.2) is 0 Å². The maximum atomic E-state index is 11.6. The highest BCUT2D eigenvalue weighted by Crippen LogP contribution is 2.42. The molecule has 0 aliphatic heterocycles. The van der Waals surface area contributed by atoms with E-state index in [0.29, 0.717) is 17.7 Å². The van der Waals surface area contributed by atoms with Crippen molar-refractivity contribution in [2.24, 2.45) is 0 Å².